The third-order valence-corrected chi connectivity index (χ3v) is 2.85. The predicted molar refractivity (Wildman–Crippen MR) is 70.5 cm³/mol. The molecule has 0 saturated heterocycles. The average Bonchev–Trinajstić information content (AvgIpc) is 2.32. The molecule has 0 bridgehead atoms. The van der Waals surface area contributed by atoms with Crippen LogP contribution in [0.25, 0.3) is 0 Å². The van der Waals surface area contributed by atoms with Crippen molar-refractivity contribution in [3.05, 3.63) is 11.6 Å². The maximum absolute atomic E-state index is 11.7. The summed E-state index contributed by atoms with van der Waals surface area (Å²) in [5.41, 5.74) is 6.32. The van der Waals surface area contributed by atoms with Gasteiger partial charge < -0.3 is 20.5 Å². The van der Waals surface area contributed by atoms with Crippen LogP contribution in [0.1, 0.15) is 27.2 Å². The van der Waals surface area contributed by atoms with Crippen molar-refractivity contribution in [1.29, 1.82) is 0 Å². The SMILES string of the molecule is CCOC(=O)C1=C[C@@H](OC(C)=O)[C@H](NC(C)=O)[C@@H](N)C1. The largest absolute Gasteiger partial charge is 0.463 e. The summed E-state index contributed by atoms with van der Waals surface area (Å²) in [4.78, 5) is 34.0. The van der Waals surface area contributed by atoms with Gasteiger partial charge in [0.25, 0.3) is 0 Å². The van der Waals surface area contributed by atoms with Gasteiger partial charge in [0.15, 0.2) is 0 Å². The lowest BCUT2D eigenvalue weighted by Crippen LogP contribution is -2.56. The molecule has 0 fully saturated rings. The zero-order valence-electron chi connectivity index (χ0n) is 11.8. The van der Waals surface area contributed by atoms with Gasteiger partial charge >= 0.3 is 11.9 Å². The van der Waals surface area contributed by atoms with Crippen molar-refractivity contribution >= 4 is 17.8 Å². The number of nitrogens with one attached hydrogen (secondary N) is 1. The van der Waals surface area contributed by atoms with E-state index in [1.807, 2.05) is 0 Å². The van der Waals surface area contributed by atoms with Gasteiger partial charge in [0.2, 0.25) is 5.91 Å². The van der Waals surface area contributed by atoms with E-state index in [9.17, 15) is 14.4 Å². The maximum atomic E-state index is 11.7. The standard InChI is InChI=1S/C13H20N2O5/c1-4-19-13(18)9-5-10(14)12(15-7(2)16)11(6-9)20-8(3)17/h6,10-12H,4-5,14H2,1-3H3,(H,15,16)/t10-,11+,12+/m0/s1. The van der Waals surface area contributed by atoms with E-state index in [1.165, 1.54) is 19.9 Å². The summed E-state index contributed by atoms with van der Waals surface area (Å²) < 4.78 is 10.0. The van der Waals surface area contributed by atoms with Crippen LogP contribution in [-0.4, -0.2) is 42.6 Å². The van der Waals surface area contributed by atoms with E-state index >= 15 is 0 Å². The molecule has 1 rings (SSSR count). The number of carbonyl (C=O) groups is 3. The van der Waals surface area contributed by atoms with E-state index < -0.39 is 30.1 Å². The smallest absolute Gasteiger partial charge is 0.333 e. The monoisotopic (exact) mass is 284 g/mol. The Morgan fingerprint density at radius 2 is 2.05 bits per heavy atom. The summed E-state index contributed by atoms with van der Waals surface area (Å²) in [7, 11) is 0. The zero-order chi connectivity index (χ0) is 15.3. The van der Waals surface area contributed by atoms with Gasteiger partial charge in [0.1, 0.15) is 6.10 Å². The van der Waals surface area contributed by atoms with Gasteiger partial charge in [-0.2, -0.15) is 0 Å². The van der Waals surface area contributed by atoms with Crippen LogP contribution in [0.5, 0.6) is 0 Å². The second-order valence-electron chi connectivity index (χ2n) is 4.58. The first-order valence-corrected chi connectivity index (χ1v) is 6.42. The molecule has 0 saturated carbocycles. The summed E-state index contributed by atoms with van der Waals surface area (Å²) in [6.45, 7) is 4.55. The minimum Gasteiger partial charge on any atom is -0.463 e. The number of rotatable bonds is 4. The molecule has 1 aliphatic rings. The van der Waals surface area contributed by atoms with Crippen molar-refractivity contribution in [2.75, 3.05) is 6.61 Å². The Bertz CT molecular complexity index is 432. The minimum absolute atomic E-state index is 0.249. The number of amides is 1. The highest BCUT2D eigenvalue weighted by Crippen LogP contribution is 2.22. The third-order valence-electron chi connectivity index (χ3n) is 2.85. The summed E-state index contributed by atoms with van der Waals surface area (Å²) in [5.74, 6) is -1.28. The fourth-order valence-corrected chi connectivity index (χ4v) is 2.09. The van der Waals surface area contributed by atoms with Gasteiger partial charge in [0, 0.05) is 25.5 Å². The van der Waals surface area contributed by atoms with Crippen molar-refractivity contribution in [2.45, 2.75) is 45.4 Å². The zero-order valence-corrected chi connectivity index (χ0v) is 11.8. The molecule has 0 radical (unpaired) electrons. The Morgan fingerprint density at radius 1 is 1.40 bits per heavy atom. The summed E-state index contributed by atoms with van der Waals surface area (Å²) >= 11 is 0. The van der Waals surface area contributed by atoms with Crippen LogP contribution in [0, 0.1) is 0 Å². The molecule has 3 N–H and O–H groups in total. The van der Waals surface area contributed by atoms with Crippen LogP contribution < -0.4 is 11.1 Å². The van der Waals surface area contributed by atoms with Crippen molar-refractivity contribution in [2.24, 2.45) is 5.73 Å². The number of ether oxygens (including phenoxy) is 2. The highest BCUT2D eigenvalue weighted by molar-refractivity contribution is 5.89. The Balaban J connectivity index is 2.97. The van der Waals surface area contributed by atoms with Crippen molar-refractivity contribution in [1.82, 2.24) is 5.32 Å². The summed E-state index contributed by atoms with van der Waals surface area (Å²) in [6.07, 6.45) is 0.963. The Labute approximate surface area is 117 Å². The Morgan fingerprint density at radius 3 is 2.55 bits per heavy atom. The van der Waals surface area contributed by atoms with Gasteiger partial charge in [-0.25, -0.2) is 4.79 Å². The second kappa shape index (κ2) is 7.04. The maximum Gasteiger partial charge on any atom is 0.333 e. The van der Waals surface area contributed by atoms with Gasteiger partial charge in [0.05, 0.1) is 12.6 Å². The molecule has 0 aliphatic heterocycles. The second-order valence-corrected chi connectivity index (χ2v) is 4.58. The summed E-state index contributed by atoms with van der Waals surface area (Å²) in [5, 5.41) is 2.64. The Hall–Kier alpha value is -1.89. The lowest BCUT2D eigenvalue weighted by Gasteiger charge is -2.34. The molecule has 0 heterocycles. The van der Waals surface area contributed by atoms with E-state index in [1.54, 1.807) is 6.92 Å². The van der Waals surface area contributed by atoms with Crippen LogP contribution >= 0.6 is 0 Å². The molecule has 1 amide bonds. The molecule has 0 aromatic rings. The fourth-order valence-electron chi connectivity index (χ4n) is 2.09. The first kappa shape index (κ1) is 16.2. The fraction of sp³-hybridized carbons (Fsp3) is 0.615. The van der Waals surface area contributed by atoms with E-state index in [-0.39, 0.29) is 18.9 Å². The lowest BCUT2D eigenvalue weighted by atomic mass is 9.88. The van der Waals surface area contributed by atoms with Gasteiger partial charge in [-0.15, -0.1) is 0 Å². The van der Waals surface area contributed by atoms with E-state index in [0.29, 0.717) is 5.57 Å². The molecule has 3 atom stereocenters. The minimum atomic E-state index is -0.778. The molecular weight excluding hydrogens is 264 g/mol. The van der Waals surface area contributed by atoms with Gasteiger partial charge in [-0.05, 0) is 19.4 Å². The molecule has 0 unspecified atom stereocenters. The van der Waals surface area contributed by atoms with E-state index in [4.69, 9.17) is 15.2 Å². The topological polar surface area (TPSA) is 108 Å². The van der Waals surface area contributed by atoms with Crippen molar-refractivity contribution in [3.8, 4) is 0 Å². The van der Waals surface area contributed by atoms with E-state index in [2.05, 4.69) is 5.32 Å². The predicted octanol–water partition coefficient (Wildman–Crippen LogP) is -0.357. The molecule has 7 nitrogen and oxygen atoms in total. The molecular formula is C13H20N2O5. The van der Waals surface area contributed by atoms with Gasteiger partial charge in [-0.3, -0.25) is 9.59 Å². The first-order valence-electron chi connectivity index (χ1n) is 6.42. The average molecular weight is 284 g/mol. The van der Waals surface area contributed by atoms with Crippen molar-refractivity contribution < 1.29 is 23.9 Å². The number of nitrogens with two attached hydrogens (primary N) is 1. The van der Waals surface area contributed by atoms with Gasteiger partial charge in [-0.1, -0.05) is 0 Å². The summed E-state index contributed by atoms with van der Waals surface area (Å²) in [6, 6.07) is -1.10. The normalized spacial score (nSPS) is 25.4. The number of carbonyl (C=O) groups excluding carboxylic acids is 3. The number of hydrogen-bond acceptors (Lipinski definition) is 6. The lowest BCUT2D eigenvalue weighted by molar-refractivity contribution is -0.147. The number of hydrogen-bond donors (Lipinski definition) is 2. The first-order chi connectivity index (χ1) is 9.35. The molecule has 1 aliphatic carbocycles. The Kier molecular flexibility index (Phi) is 5.69. The van der Waals surface area contributed by atoms with Crippen LogP contribution in [0.3, 0.4) is 0 Å². The van der Waals surface area contributed by atoms with Crippen LogP contribution in [0.2, 0.25) is 0 Å². The molecule has 0 aromatic carbocycles. The van der Waals surface area contributed by atoms with E-state index in [0.717, 1.165) is 0 Å². The van der Waals surface area contributed by atoms with Crippen LogP contribution in [-0.2, 0) is 23.9 Å². The molecule has 7 heteroatoms. The quantitative estimate of drug-likeness (QED) is 0.683. The van der Waals surface area contributed by atoms with Crippen LogP contribution in [0.15, 0.2) is 11.6 Å². The molecule has 112 valence electrons. The molecule has 0 spiro atoms. The highest BCUT2D eigenvalue weighted by Gasteiger charge is 2.36. The third kappa shape index (κ3) is 4.34. The molecule has 0 aromatic heterocycles. The highest BCUT2D eigenvalue weighted by atomic mass is 16.5. The van der Waals surface area contributed by atoms with Crippen LogP contribution in [0.4, 0.5) is 0 Å². The molecule has 20 heavy (non-hydrogen) atoms. The van der Waals surface area contributed by atoms with Crippen molar-refractivity contribution in [3.63, 3.8) is 0 Å². The number of esters is 2.